The molecule has 5 heteroatoms. The second-order valence-corrected chi connectivity index (χ2v) is 5.63. The highest BCUT2D eigenvalue weighted by atomic mass is 35.5. The number of aromatic nitrogens is 2. The average molecular weight is 281 g/mol. The standard InChI is InChI=1S/C13H13ClN2OS/c14-8-12-15-16-13(18-12)17-11-6-5-9-3-1-2-4-10(9)7-11/h5-7H,1-4,8H2. The minimum atomic E-state index is 0.380. The molecule has 0 fully saturated rings. The van der Waals surface area contributed by atoms with Gasteiger partial charge in [0.05, 0.1) is 5.88 Å². The van der Waals surface area contributed by atoms with Gasteiger partial charge in [0.15, 0.2) is 0 Å². The van der Waals surface area contributed by atoms with Gasteiger partial charge in [-0.05, 0) is 48.9 Å². The van der Waals surface area contributed by atoms with Crippen molar-refractivity contribution in [3.8, 4) is 10.9 Å². The summed E-state index contributed by atoms with van der Waals surface area (Å²) in [7, 11) is 0. The van der Waals surface area contributed by atoms with E-state index in [0.717, 1.165) is 17.2 Å². The third-order valence-corrected chi connectivity index (χ3v) is 4.30. The zero-order valence-corrected chi connectivity index (χ0v) is 11.4. The molecule has 18 heavy (non-hydrogen) atoms. The number of hydrogen-bond donors (Lipinski definition) is 0. The second kappa shape index (κ2) is 5.24. The number of halogens is 1. The summed E-state index contributed by atoms with van der Waals surface area (Å²) >= 11 is 7.08. The van der Waals surface area contributed by atoms with Crippen LogP contribution in [0.25, 0.3) is 0 Å². The van der Waals surface area contributed by atoms with Crippen molar-refractivity contribution in [2.45, 2.75) is 31.6 Å². The Balaban J connectivity index is 1.80. The minimum absolute atomic E-state index is 0.380. The summed E-state index contributed by atoms with van der Waals surface area (Å²) in [6.07, 6.45) is 4.90. The molecule has 1 aromatic heterocycles. The van der Waals surface area contributed by atoms with Crippen LogP contribution in [0.15, 0.2) is 18.2 Å². The van der Waals surface area contributed by atoms with Crippen molar-refractivity contribution in [1.82, 2.24) is 10.2 Å². The monoisotopic (exact) mass is 280 g/mol. The van der Waals surface area contributed by atoms with Crippen LogP contribution < -0.4 is 4.74 Å². The summed E-state index contributed by atoms with van der Waals surface area (Å²) in [5, 5.41) is 9.23. The molecule has 0 saturated carbocycles. The second-order valence-electron chi connectivity index (χ2n) is 4.34. The minimum Gasteiger partial charge on any atom is -0.430 e. The SMILES string of the molecule is ClCc1nnc(Oc2ccc3c(c2)CCCC3)s1. The van der Waals surface area contributed by atoms with Gasteiger partial charge in [-0.15, -0.1) is 16.7 Å². The molecular weight excluding hydrogens is 268 g/mol. The van der Waals surface area contributed by atoms with Crippen LogP contribution in [-0.2, 0) is 18.7 Å². The Labute approximate surface area is 115 Å². The average Bonchev–Trinajstić information content (AvgIpc) is 2.86. The number of aryl methyl sites for hydroxylation is 2. The molecule has 1 heterocycles. The maximum atomic E-state index is 5.71. The maximum absolute atomic E-state index is 5.71. The summed E-state index contributed by atoms with van der Waals surface area (Å²) in [6, 6.07) is 6.29. The first-order valence-corrected chi connectivity index (χ1v) is 7.38. The van der Waals surface area contributed by atoms with E-state index in [1.165, 1.54) is 41.7 Å². The van der Waals surface area contributed by atoms with Crippen LogP contribution >= 0.6 is 22.9 Å². The van der Waals surface area contributed by atoms with E-state index in [9.17, 15) is 0 Å². The molecule has 3 nitrogen and oxygen atoms in total. The van der Waals surface area contributed by atoms with Gasteiger partial charge in [-0.1, -0.05) is 22.5 Å². The lowest BCUT2D eigenvalue weighted by Crippen LogP contribution is -2.02. The van der Waals surface area contributed by atoms with Gasteiger partial charge in [-0.2, -0.15) is 0 Å². The van der Waals surface area contributed by atoms with E-state index in [2.05, 4.69) is 22.3 Å². The number of hydrogen-bond acceptors (Lipinski definition) is 4. The Bertz CT molecular complexity index is 556. The van der Waals surface area contributed by atoms with Crippen LogP contribution in [0.1, 0.15) is 29.0 Å². The maximum Gasteiger partial charge on any atom is 0.299 e. The van der Waals surface area contributed by atoms with E-state index >= 15 is 0 Å². The molecule has 0 aliphatic heterocycles. The third-order valence-electron chi connectivity index (χ3n) is 3.09. The summed E-state index contributed by atoms with van der Waals surface area (Å²) in [5.74, 6) is 1.22. The Morgan fingerprint density at radius 3 is 2.78 bits per heavy atom. The van der Waals surface area contributed by atoms with Crippen molar-refractivity contribution in [1.29, 1.82) is 0 Å². The number of alkyl halides is 1. The predicted molar refractivity (Wildman–Crippen MR) is 72.6 cm³/mol. The number of benzene rings is 1. The van der Waals surface area contributed by atoms with E-state index in [1.54, 1.807) is 0 Å². The van der Waals surface area contributed by atoms with Crippen molar-refractivity contribution in [2.75, 3.05) is 0 Å². The van der Waals surface area contributed by atoms with Crippen LogP contribution in [0, 0.1) is 0 Å². The molecule has 0 amide bonds. The third kappa shape index (κ3) is 2.49. The first-order chi connectivity index (χ1) is 8.85. The highest BCUT2D eigenvalue weighted by Crippen LogP contribution is 2.29. The topological polar surface area (TPSA) is 35.0 Å². The Hall–Kier alpha value is -1.13. The summed E-state index contributed by atoms with van der Waals surface area (Å²) < 4.78 is 5.71. The van der Waals surface area contributed by atoms with Gasteiger partial charge in [0.2, 0.25) is 0 Å². The van der Waals surface area contributed by atoms with Gasteiger partial charge in [-0.3, -0.25) is 0 Å². The molecular formula is C13H13ClN2OS. The van der Waals surface area contributed by atoms with Crippen molar-refractivity contribution >= 4 is 22.9 Å². The lowest BCUT2D eigenvalue weighted by Gasteiger charge is -2.16. The Morgan fingerprint density at radius 2 is 2.00 bits per heavy atom. The van der Waals surface area contributed by atoms with Crippen molar-refractivity contribution < 1.29 is 4.74 Å². The van der Waals surface area contributed by atoms with E-state index in [-0.39, 0.29) is 0 Å². The highest BCUT2D eigenvalue weighted by molar-refractivity contribution is 7.13. The number of fused-ring (bicyclic) bond motifs is 1. The lowest BCUT2D eigenvalue weighted by atomic mass is 9.92. The van der Waals surface area contributed by atoms with E-state index in [1.807, 2.05) is 6.07 Å². The zero-order chi connectivity index (χ0) is 12.4. The highest BCUT2D eigenvalue weighted by Gasteiger charge is 2.11. The summed E-state index contributed by atoms with van der Waals surface area (Å²) in [5.41, 5.74) is 2.85. The smallest absolute Gasteiger partial charge is 0.299 e. The van der Waals surface area contributed by atoms with E-state index in [0.29, 0.717) is 11.1 Å². The number of ether oxygens (including phenoxy) is 1. The summed E-state index contributed by atoms with van der Waals surface area (Å²) in [6.45, 7) is 0. The molecule has 0 N–H and O–H groups in total. The van der Waals surface area contributed by atoms with Crippen LogP contribution in [-0.4, -0.2) is 10.2 Å². The molecule has 0 unspecified atom stereocenters. The van der Waals surface area contributed by atoms with Crippen LogP contribution in [0.3, 0.4) is 0 Å². The number of rotatable bonds is 3. The van der Waals surface area contributed by atoms with Gasteiger partial charge < -0.3 is 4.74 Å². The Kier molecular flexibility index (Phi) is 3.48. The molecule has 0 bridgehead atoms. The Morgan fingerprint density at radius 1 is 1.17 bits per heavy atom. The van der Waals surface area contributed by atoms with Gasteiger partial charge in [-0.25, -0.2) is 0 Å². The largest absolute Gasteiger partial charge is 0.430 e. The van der Waals surface area contributed by atoms with Gasteiger partial charge >= 0.3 is 0 Å². The van der Waals surface area contributed by atoms with Crippen LogP contribution in [0.5, 0.6) is 10.9 Å². The van der Waals surface area contributed by atoms with Crippen molar-refractivity contribution in [2.24, 2.45) is 0 Å². The first-order valence-electron chi connectivity index (χ1n) is 6.03. The number of nitrogens with zero attached hydrogens (tertiary/aromatic N) is 2. The van der Waals surface area contributed by atoms with Crippen molar-refractivity contribution in [3.05, 3.63) is 34.3 Å². The predicted octanol–water partition coefficient (Wildman–Crippen LogP) is 3.95. The lowest BCUT2D eigenvalue weighted by molar-refractivity contribution is 0.471. The molecule has 0 atom stereocenters. The van der Waals surface area contributed by atoms with Gasteiger partial charge in [0.1, 0.15) is 10.8 Å². The molecule has 1 aromatic carbocycles. The van der Waals surface area contributed by atoms with Crippen LogP contribution in [0.4, 0.5) is 0 Å². The molecule has 0 saturated heterocycles. The fourth-order valence-corrected chi connectivity index (χ4v) is 2.98. The molecule has 1 aliphatic rings. The quantitative estimate of drug-likeness (QED) is 0.799. The fourth-order valence-electron chi connectivity index (χ4n) is 2.21. The van der Waals surface area contributed by atoms with Gasteiger partial charge in [0.25, 0.3) is 5.19 Å². The molecule has 0 spiro atoms. The first kappa shape index (κ1) is 11.9. The normalized spacial score (nSPS) is 14.3. The fraction of sp³-hybridized carbons (Fsp3) is 0.385. The van der Waals surface area contributed by atoms with Crippen molar-refractivity contribution in [3.63, 3.8) is 0 Å². The molecule has 2 aromatic rings. The van der Waals surface area contributed by atoms with Gasteiger partial charge in [0, 0.05) is 0 Å². The zero-order valence-electron chi connectivity index (χ0n) is 9.86. The molecule has 1 aliphatic carbocycles. The molecule has 0 radical (unpaired) electrons. The molecule has 94 valence electrons. The molecule has 3 rings (SSSR count). The van der Waals surface area contributed by atoms with E-state index < -0.39 is 0 Å². The van der Waals surface area contributed by atoms with E-state index in [4.69, 9.17) is 16.3 Å². The van der Waals surface area contributed by atoms with Crippen LogP contribution in [0.2, 0.25) is 0 Å². The summed E-state index contributed by atoms with van der Waals surface area (Å²) in [4.78, 5) is 0.